The molecule has 0 spiro atoms. The minimum absolute atomic E-state index is 0.413. The molecule has 0 heterocycles. The third-order valence-electron chi connectivity index (χ3n) is 0.420. The Bertz CT molecular complexity index is 93.1. The lowest BCUT2D eigenvalue weighted by Gasteiger charge is -2.14. The Morgan fingerprint density at radius 1 is 1.50 bits per heavy atom. The Hall–Kier alpha value is -0.313. The van der Waals surface area contributed by atoms with Gasteiger partial charge in [-0.3, -0.25) is 4.79 Å². The molecule has 0 N–H and O–H groups in total. The van der Waals surface area contributed by atoms with E-state index in [4.69, 9.17) is 4.43 Å². The molecule has 0 aliphatic rings. The van der Waals surface area contributed by atoms with E-state index in [2.05, 4.69) is 6.92 Å². The van der Waals surface area contributed by atoms with Crippen molar-refractivity contribution < 1.29 is 9.22 Å². The van der Waals surface area contributed by atoms with E-state index in [0.29, 0.717) is 0 Å². The molecule has 0 fully saturated rings. The zero-order chi connectivity index (χ0) is 6.78. The summed E-state index contributed by atoms with van der Waals surface area (Å²) in [6.45, 7) is 8.92. The third kappa shape index (κ3) is 5.69. The van der Waals surface area contributed by atoms with Crippen LogP contribution in [0.1, 0.15) is 0 Å². The van der Waals surface area contributed by atoms with Crippen molar-refractivity contribution in [3.63, 3.8) is 0 Å². The second-order valence-corrected chi connectivity index (χ2v) is 7.02. The van der Waals surface area contributed by atoms with Gasteiger partial charge in [-0.25, -0.2) is 0 Å². The van der Waals surface area contributed by atoms with Crippen LogP contribution in [-0.2, 0) is 9.22 Å². The van der Waals surface area contributed by atoms with Crippen molar-refractivity contribution in [3.05, 3.63) is 6.92 Å². The van der Waals surface area contributed by atoms with E-state index in [9.17, 15) is 4.79 Å². The number of rotatable bonds is 1. The lowest BCUT2D eigenvalue weighted by molar-refractivity contribution is -0.129. The van der Waals surface area contributed by atoms with Crippen LogP contribution in [0.4, 0.5) is 0 Å². The summed E-state index contributed by atoms with van der Waals surface area (Å²) < 4.78 is 4.83. The largest absolute Gasteiger partial charge is 0.520 e. The lowest BCUT2D eigenvalue weighted by atomic mass is 10.9. The van der Waals surface area contributed by atoms with Crippen molar-refractivity contribution in [2.45, 2.75) is 19.6 Å². The van der Waals surface area contributed by atoms with Gasteiger partial charge in [0.05, 0.1) is 6.92 Å². The molecule has 0 aromatic rings. The third-order valence-corrected chi connectivity index (χ3v) is 1.26. The first kappa shape index (κ1) is 7.69. The van der Waals surface area contributed by atoms with Gasteiger partial charge in [0.25, 0.3) is 5.97 Å². The molecule has 0 saturated heterocycles. The summed E-state index contributed by atoms with van der Waals surface area (Å²) in [5, 5.41) is 0. The summed E-state index contributed by atoms with van der Waals surface area (Å²) in [7, 11) is -1.63. The molecule has 47 valence electrons. The maximum absolute atomic E-state index is 10.2. The molecule has 8 heavy (non-hydrogen) atoms. The molecular weight excluding hydrogens is 120 g/mol. The molecule has 0 aliphatic heterocycles. The highest BCUT2D eigenvalue weighted by Gasteiger charge is 2.16. The van der Waals surface area contributed by atoms with E-state index in [1.54, 1.807) is 0 Å². The molecular formula is C5H11O2Si. The van der Waals surface area contributed by atoms with Crippen molar-refractivity contribution in [2.75, 3.05) is 0 Å². The van der Waals surface area contributed by atoms with Crippen molar-refractivity contribution in [2.24, 2.45) is 0 Å². The Kier molecular flexibility index (Phi) is 2.21. The fourth-order valence-electron chi connectivity index (χ4n) is 0.342. The van der Waals surface area contributed by atoms with Crippen LogP contribution >= 0.6 is 0 Å². The summed E-state index contributed by atoms with van der Waals surface area (Å²) in [6, 6.07) is 0. The van der Waals surface area contributed by atoms with Crippen LogP contribution in [0.3, 0.4) is 0 Å². The Morgan fingerprint density at radius 3 is 1.88 bits per heavy atom. The zero-order valence-corrected chi connectivity index (χ0v) is 6.52. The summed E-state index contributed by atoms with van der Waals surface area (Å²) >= 11 is 0. The molecule has 0 rings (SSSR count). The van der Waals surface area contributed by atoms with Gasteiger partial charge in [0, 0.05) is 0 Å². The molecule has 0 unspecified atom stereocenters. The highest BCUT2D eigenvalue weighted by molar-refractivity contribution is 6.71. The SMILES string of the molecule is [CH2]C(=O)O[Si](C)(C)C. The molecule has 3 heteroatoms. The van der Waals surface area contributed by atoms with Crippen LogP contribution in [0, 0.1) is 6.92 Å². The average Bonchev–Trinajstić information content (AvgIpc) is 1.21. The number of carbonyl (C=O) groups excluding carboxylic acids is 1. The van der Waals surface area contributed by atoms with Crippen LogP contribution in [0.25, 0.3) is 0 Å². The molecule has 0 saturated carbocycles. The van der Waals surface area contributed by atoms with Gasteiger partial charge >= 0.3 is 0 Å². The summed E-state index contributed by atoms with van der Waals surface area (Å²) in [5.74, 6) is -0.413. The first-order chi connectivity index (χ1) is 3.42. The van der Waals surface area contributed by atoms with Gasteiger partial charge in [-0.1, -0.05) is 0 Å². The Morgan fingerprint density at radius 2 is 1.88 bits per heavy atom. The van der Waals surface area contributed by atoms with Crippen molar-refractivity contribution in [1.82, 2.24) is 0 Å². The van der Waals surface area contributed by atoms with Gasteiger partial charge in [0.15, 0.2) is 0 Å². The number of hydrogen-bond donors (Lipinski definition) is 0. The molecule has 0 atom stereocenters. The fourth-order valence-corrected chi connectivity index (χ4v) is 1.02. The van der Waals surface area contributed by atoms with Gasteiger partial charge in [-0.05, 0) is 19.6 Å². The van der Waals surface area contributed by atoms with E-state index >= 15 is 0 Å². The monoisotopic (exact) mass is 131 g/mol. The molecule has 0 bridgehead atoms. The molecule has 1 radical (unpaired) electrons. The molecule has 0 aliphatic carbocycles. The molecule has 0 aromatic carbocycles. The van der Waals surface area contributed by atoms with Gasteiger partial charge < -0.3 is 4.43 Å². The summed E-state index contributed by atoms with van der Waals surface area (Å²) in [4.78, 5) is 10.2. The van der Waals surface area contributed by atoms with Crippen LogP contribution in [-0.4, -0.2) is 14.3 Å². The Balaban J connectivity index is 3.55. The molecule has 0 amide bonds. The minimum atomic E-state index is -1.63. The molecule has 2 nitrogen and oxygen atoms in total. The Labute approximate surface area is 51.0 Å². The maximum atomic E-state index is 10.2. The van der Waals surface area contributed by atoms with Gasteiger partial charge in [-0.2, -0.15) is 0 Å². The van der Waals surface area contributed by atoms with Crippen LogP contribution in [0.15, 0.2) is 0 Å². The van der Waals surface area contributed by atoms with E-state index in [1.807, 2.05) is 19.6 Å². The predicted molar refractivity (Wildman–Crippen MR) is 34.8 cm³/mol. The first-order valence-electron chi connectivity index (χ1n) is 2.47. The standard InChI is InChI=1S/C5H11O2Si/c1-5(6)7-8(2,3)4/h1H2,2-4H3. The average molecular weight is 131 g/mol. The van der Waals surface area contributed by atoms with E-state index < -0.39 is 14.3 Å². The lowest BCUT2D eigenvalue weighted by Crippen LogP contribution is -2.27. The zero-order valence-electron chi connectivity index (χ0n) is 5.52. The van der Waals surface area contributed by atoms with E-state index in [0.717, 1.165) is 0 Å². The van der Waals surface area contributed by atoms with Crippen molar-refractivity contribution >= 4 is 14.3 Å². The summed E-state index contributed by atoms with van der Waals surface area (Å²) in [5.41, 5.74) is 0. The van der Waals surface area contributed by atoms with Gasteiger partial charge in [0.1, 0.15) is 0 Å². The highest BCUT2D eigenvalue weighted by atomic mass is 28.4. The first-order valence-corrected chi connectivity index (χ1v) is 5.87. The maximum Gasteiger partial charge on any atom is 0.293 e. The highest BCUT2D eigenvalue weighted by Crippen LogP contribution is 2.01. The van der Waals surface area contributed by atoms with E-state index in [-0.39, 0.29) is 0 Å². The normalized spacial score (nSPS) is 11.0. The second-order valence-electron chi connectivity index (χ2n) is 2.59. The predicted octanol–water partition coefficient (Wildman–Crippen LogP) is 1.20. The number of carbonyl (C=O) groups is 1. The van der Waals surface area contributed by atoms with Crippen molar-refractivity contribution in [3.8, 4) is 0 Å². The van der Waals surface area contributed by atoms with Crippen LogP contribution < -0.4 is 0 Å². The summed E-state index contributed by atoms with van der Waals surface area (Å²) in [6.07, 6.45) is 0. The number of hydrogen-bond acceptors (Lipinski definition) is 2. The van der Waals surface area contributed by atoms with Crippen LogP contribution in [0.5, 0.6) is 0 Å². The second kappa shape index (κ2) is 2.30. The smallest absolute Gasteiger partial charge is 0.293 e. The van der Waals surface area contributed by atoms with Gasteiger partial charge in [-0.15, -0.1) is 0 Å². The van der Waals surface area contributed by atoms with Crippen molar-refractivity contribution in [1.29, 1.82) is 0 Å². The van der Waals surface area contributed by atoms with Crippen LogP contribution in [0.2, 0.25) is 19.6 Å². The fraction of sp³-hybridized carbons (Fsp3) is 0.600. The minimum Gasteiger partial charge on any atom is -0.520 e. The molecule has 0 aromatic heterocycles. The van der Waals surface area contributed by atoms with Gasteiger partial charge in [0.2, 0.25) is 8.32 Å². The van der Waals surface area contributed by atoms with E-state index in [1.165, 1.54) is 0 Å². The topological polar surface area (TPSA) is 26.3 Å². The quantitative estimate of drug-likeness (QED) is 0.500.